The summed E-state index contributed by atoms with van der Waals surface area (Å²) in [7, 11) is 0. The molecule has 0 atom stereocenters. The molecule has 0 aliphatic rings. The summed E-state index contributed by atoms with van der Waals surface area (Å²) >= 11 is 6.01. The smallest absolute Gasteiger partial charge is 0.311 e. The Hall–Kier alpha value is -2.40. The van der Waals surface area contributed by atoms with Gasteiger partial charge in [0.15, 0.2) is 5.65 Å². The number of nitrogens with zero attached hydrogens (tertiary/aromatic N) is 3. The molecule has 112 valence electrons. The van der Waals surface area contributed by atoms with E-state index in [1.54, 1.807) is 17.6 Å². The largest absolute Gasteiger partial charge is 0.466 e. The molecule has 0 aliphatic heterocycles. The zero-order chi connectivity index (χ0) is 15.5. The Bertz CT molecular complexity index is 829. The van der Waals surface area contributed by atoms with Gasteiger partial charge in [0.25, 0.3) is 0 Å². The molecule has 6 heteroatoms. The van der Waals surface area contributed by atoms with Crippen molar-refractivity contribution in [2.24, 2.45) is 0 Å². The maximum absolute atomic E-state index is 11.5. The van der Waals surface area contributed by atoms with E-state index in [2.05, 4.69) is 10.1 Å². The minimum absolute atomic E-state index is 0.143. The SMILES string of the molecule is CCOC(=O)Cc1cn2nc(-c3cccc(Cl)c3)ccc2n1. The van der Waals surface area contributed by atoms with E-state index in [9.17, 15) is 4.79 Å². The van der Waals surface area contributed by atoms with Gasteiger partial charge in [-0.1, -0.05) is 23.7 Å². The summed E-state index contributed by atoms with van der Waals surface area (Å²) in [5.74, 6) is -0.291. The van der Waals surface area contributed by atoms with Gasteiger partial charge in [-0.15, -0.1) is 0 Å². The number of hydrogen-bond acceptors (Lipinski definition) is 4. The van der Waals surface area contributed by atoms with Gasteiger partial charge in [0, 0.05) is 10.6 Å². The first kappa shape index (κ1) is 14.5. The first-order chi connectivity index (χ1) is 10.7. The number of fused-ring (bicyclic) bond motifs is 1. The summed E-state index contributed by atoms with van der Waals surface area (Å²) in [5.41, 5.74) is 3.03. The molecule has 0 saturated heterocycles. The van der Waals surface area contributed by atoms with Gasteiger partial charge in [-0.05, 0) is 31.2 Å². The number of carbonyl (C=O) groups excluding carboxylic acids is 1. The molecule has 0 radical (unpaired) electrons. The third-order valence-corrected chi connectivity index (χ3v) is 3.36. The van der Waals surface area contributed by atoms with Crippen LogP contribution in [0.3, 0.4) is 0 Å². The number of carbonyl (C=O) groups is 1. The number of ether oxygens (including phenoxy) is 1. The molecule has 0 amide bonds. The fourth-order valence-electron chi connectivity index (χ4n) is 2.18. The minimum atomic E-state index is -0.291. The van der Waals surface area contributed by atoms with Crippen molar-refractivity contribution in [3.05, 3.63) is 53.3 Å². The predicted octanol–water partition coefficient (Wildman–Crippen LogP) is 3.16. The molecule has 22 heavy (non-hydrogen) atoms. The standard InChI is InChI=1S/C16H14ClN3O2/c1-2-22-16(21)9-13-10-20-15(18-13)7-6-14(19-20)11-4-3-5-12(17)8-11/h3-8,10H,2,9H2,1H3. The van der Waals surface area contributed by atoms with Crippen LogP contribution in [0, 0.1) is 0 Å². The monoisotopic (exact) mass is 315 g/mol. The molecule has 0 bridgehead atoms. The molecular weight excluding hydrogens is 302 g/mol. The van der Waals surface area contributed by atoms with Gasteiger partial charge in [0.1, 0.15) is 0 Å². The number of imidazole rings is 1. The molecule has 5 nitrogen and oxygen atoms in total. The lowest BCUT2D eigenvalue weighted by atomic mass is 10.1. The highest BCUT2D eigenvalue weighted by atomic mass is 35.5. The van der Waals surface area contributed by atoms with Crippen molar-refractivity contribution in [3.8, 4) is 11.3 Å². The van der Waals surface area contributed by atoms with Gasteiger partial charge < -0.3 is 4.74 Å². The molecule has 0 spiro atoms. The van der Waals surface area contributed by atoms with Crippen LogP contribution >= 0.6 is 11.6 Å². The second kappa shape index (κ2) is 6.15. The Kier molecular flexibility index (Phi) is 4.06. The lowest BCUT2D eigenvalue weighted by Gasteiger charge is -2.01. The average Bonchev–Trinajstić information content (AvgIpc) is 2.88. The third-order valence-electron chi connectivity index (χ3n) is 3.12. The summed E-state index contributed by atoms with van der Waals surface area (Å²) in [4.78, 5) is 15.9. The molecule has 3 aromatic rings. The van der Waals surface area contributed by atoms with Crippen LogP contribution in [0.4, 0.5) is 0 Å². The van der Waals surface area contributed by atoms with Crippen molar-refractivity contribution in [3.63, 3.8) is 0 Å². The van der Waals surface area contributed by atoms with Gasteiger partial charge in [-0.3, -0.25) is 4.79 Å². The van der Waals surface area contributed by atoms with Crippen LogP contribution in [0.15, 0.2) is 42.6 Å². The van der Waals surface area contributed by atoms with Crippen molar-refractivity contribution >= 4 is 23.2 Å². The molecule has 0 fully saturated rings. The van der Waals surface area contributed by atoms with E-state index in [4.69, 9.17) is 16.3 Å². The molecule has 0 saturated carbocycles. The Morgan fingerprint density at radius 2 is 2.18 bits per heavy atom. The highest BCUT2D eigenvalue weighted by Crippen LogP contribution is 2.21. The van der Waals surface area contributed by atoms with E-state index in [0.717, 1.165) is 11.3 Å². The number of esters is 1. The molecule has 1 aromatic carbocycles. The summed E-state index contributed by atoms with van der Waals surface area (Å²) < 4.78 is 6.58. The van der Waals surface area contributed by atoms with Crippen molar-refractivity contribution in [1.82, 2.24) is 14.6 Å². The second-order valence-corrected chi connectivity index (χ2v) is 5.18. The van der Waals surface area contributed by atoms with E-state index < -0.39 is 0 Å². The van der Waals surface area contributed by atoms with Crippen LogP contribution in [0.25, 0.3) is 16.9 Å². The van der Waals surface area contributed by atoms with Crippen LogP contribution in [-0.2, 0) is 16.0 Å². The molecule has 0 aliphatic carbocycles. The lowest BCUT2D eigenvalue weighted by molar-refractivity contribution is -0.142. The summed E-state index contributed by atoms with van der Waals surface area (Å²) in [6.07, 6.45) is 1.88. The van der Waals surface area contributed by atoms with E-state index in [-0.39, 0.29) is 12.4 Å². The maximum Gasteiger partial charge on any atom is 0.311 e. The van der Waals surface area contributed by atoms with Crippen LogP contribution in [0.2, 0.25) is 5.02 Å². The third kappa shape index (κ3) is 3.09. The number of hydrogen-bond donors (Lipinski definition) is 0. The van der Waals surface area contributed by atoms with Crippen LogP contribution < -0.4 is 0 Å². The fourth-order valence-corrected chi connectivity index (χ4v) is 2.37. The number of benzene rings is 1. The van der Waals surface area contributed by atoms with Crippen LogP contribution in [0.1, 0.15) is 12.6 Å². The van der Waals surface area contributed by atoms with Crippen molar-refractivity contribution in [2.75, 3.05) is 6.61 Å². The van der Waals surface area contributed by atoms with Crippen LogP contribution in [-0.4, -0.2) is 27.2 Å². The zero-order valence-corrected chi connectivity index (χ0v) is 12.7. The molecule has 2 aromatic heterocycles. The quantitative estimate of drug-likeness (QED) is 0.694. The lowest BCUT2D eigenvalue weighted by Crippen LogP contribution is -2.07. The topological polar surface area (TPSA) is 56.5 Å². The van der Waals surface area contributed by atoms with Crippen molar-refractivity contribution < 1.29 is 9.53 Å². The predicted molar refractivity (Wildman–Crippen MR) is 83.8 cm³/mol. The van der Waals surface area contributed by atoms with E-state index in [0.29, 0.717) is 23.0 Å². The van der Waals surface area contributed by atoms with Gasteiger partial charge in [0.05, 0.1) is 30.6 Å². The van der Waals surface area contributed by atoms with Gasteiger partial charge in [-0.25, -0.2) is 9.50 Å². The molecule has 0 unspecified atom stereocenters. The summed E-state index contributed by atoms with van der Waals surface area (Å²) in [5, 5.41) is 5.16. The average molecular weight is 316 g/mol. The molecule has 2 heterocycles. The normalized spacial score (nSPS) is 10.8. The number of halogens is 1. The Morgan fingerprint density at radius 3 is 2.95 bits per heavy atom. The molecular formula is C16H14ClN3O2. The Labute approximate surface area is 132 Å². The zero-order valence-electron chi connectivity index (χ0n) is 12.0. The summed E-state index contributed by atoms with van der Waals surface area (Å²) in [6, 6.07) is 11.2. The maximum atomic E-state index is 11.5. The first-order valence-electron chi connectivity index (χ1n) is 6.92. The molecule has 0 N–H and O–H groups in total. The second-order valence-electron chi connectivity index (χ2n) is 4.75. The molecule has 3 rings (SSSR count). The Morgan fingerprint density at radius 1 is 1.32 bits per heavy atom. The van der Waals surface area contributed by atoms with Crippen LogP contribution in [0.5, 0.6) is 0 Å². The fraction of sp³-hybridized carbons (Fsp3) is 0.188. The summed E-state index contributed by atoms with van der Waals surface area (Å²) in [6.45, 7) is 2.14. The van der Waals surface area contributed by atoms with Gasteiger partial charge >= 0.3 is 5.97 Å². The van der Waals surface area contributed by atoms with E-state index in [1.165, 1.54) is 0 Å². The highest BCUT2D eigenvalue weighted by molar-refractivity contribution is 6.30. The van der Waals surface area contributed by atoms with Gasteiger partial charge in [0.2, 0.25) is 0 Å². The number of rotatable bonds is 4. The van der Waals surface area contributed by atoms with E-state index >= 15 is 0 Å². The first-order valence-corrected chi connectivity index (χ1v) is 7.30. The Balaban J connectivity index is 1.91. The highest BCUT2D eigenvalue weighted by Gasteiger charge is 2.10. The van der Waals surface area contributed by atoms with E-state index in [1.807, 2.05) is 36.4 Å². The number of aromatic nitrogens is 3. The van der Waals surface area contributed by atoms with Gasteiger partial charge in [-0.2, -0.15) is 5.10 Å². The van der Waals surface area contributed by atoms with Crippen molar-refractivity contribution in [1.29, 1.82) is 0 Å². The minimum Gasteiger partial charge on any atom is -0.466 e. The van der Waals surface area contributed by atoms with Crippen molar-refractivity contribution in [2.45, 2.75) is 13.3 Å².